The highest BCUT2D eigenvalue weighted by atomic mass is 32.1. The molecule has 22 heavy (non-hydrogen) atoms. The molecule has 0 bridgehead atoms. The van der Waals surface area contributed by atoms with E-state index in [1.54, 1.807) is 31.2 Å². The molecule has 3 rings (SSSR count). The first-order chi connectivity index (χ1) is 10.6. The number of anilines is 1. The third-order valence-electron chi connectivity index (χ3n) is 2.95. The van der Waals surface area contributed by atoms with E-state index >= 15 is 0 Å². The first-order valence-electron chi connectivity index (χ1n) is 6.56. The zero-order chi connectivity index (χ0) is 15.5. The van der Waals surface area contributed by atoms with E-state index in [0.29, 0.717) is 16.0 Å². The van der Waals surface area contributed by atoms with Gasteiger partial charge in [-0.1, -0.05) is 28.7 Å². The predicted octanol–water partition coefficient (Wildman–Crippen LogP) is 0.980. The maximum atomic E-state index is 12.2. The highest BCUT2D eigenvalue weighted by molar-refractivity contribution is 7.15. The average molecular weight is 316 g/mol. The minimum Gasteiger partial charge on any atom is -0.300 e. The van der Waals surface area contributed by atoms with Crippen LogP contribution in [0.3, 0.4) is 0 Å². The summed E-state index contributed by atoms with van der Waals surface area (Å²) in [6, 6.07) is 6.96. The van der Waals surface area contributed by atoms with Gasteiger partial charge in [-0.05, 0) is 19.1 Å². The second kappa shape index (κ2) is 5.98. The van der Waals surface area contributed by atoms with E-state index in [-0.39, 0.29) is 24.4 Å². The number of hydrogen-bond acceptors (Lipinski definition) is 7. The van der Waals surface area contributed by atoms with Gasteiger partial charge in [0.25, 0.3) is 5.56 Å². The number of aromatic nitrogens is 5. The summed E-state index contributed by atoms with van der Waals surface area (Å²) >= 11 is 1.29. The number of carbonyl (C=O) groups is 1. The molecule has 9 heteroatoms. The number of nitrogens with zero attached hydrogens (tertiary/aromatic N) is 5. The monoisotopic (exact) mass is 316 g/mol. The summed E-state index contributed by atoms with van der Waals surface area (Å²) in [5.41, 5.74) is 0.280. The second-order valence-electron chi connectivity index (χ2n) is 4.56. The van der Waals surface area contributed by atoms with Crippen molar-refractivity contribution in [1.82, 2.24) is 25.2 Å². The van der Waals surface area contributed by atoms with Crippen LogP contribution in [0.4, 0.5) is 5.13 Å². The van der Waals surface area contributed by atoms with Gasteiger partial charge in [0.2, 0.25) is 11.0 Å². The molecule has 0 aliphatic rings. The number of benzene rings is 1. The third-order valence-corrected chi connectivity index (χ3v) is 3.71. The molecule has 0 unspecified atom stereocenters. The van der Waals surface area contributed by atoms with E-state index in [1.165, 1.54) is 16.0 Å². The number of fused-ring (bicyclic) bond motifs is 1. The Kier molecular flexibility index (Phi) is 3.88. The predicted molar refractivity (Wildman–Crippen MR) is 81.7 cm³/mol. The highest BCUT2D eigenvalue weighted by Crippen LogP contribution is 2.13. The molecule has 1 N–H and O–H groups in total. The zero-order valence-corrected chi connectivity index (χ0v) is 12.5. The van der Waals surface area contributed by atoms with Gasteiger partial charge in [-0.3, -0.25) is 9.59 Å². The number of hydrogen-bond donors (Lipinski definition) is 1. The normalized spacial score (nSPS) is 10.8. The van der Waals surface area contributed by atoms with E-state index in [9.17, 15) is 9.59 Å². The fourth-order valence-electron chi connectivity index (χ4n) is 1.91. The van der Waals surface area contributed by atoms with Crippen molar-refractivity contribution in [1.29, 1.82) is 0 Å². The Morgan fingerprint density at radius 2 is 2.09 bits per heavy atom. The smallest absolute Gasteiger partial charge is 0.277 e. The van der Waals surface area contributed by atoms with Crippen molar-refractivity contribution < 1.29 is 4.79 Å². The summed E-state index contributed by atoms with van der Waals surface area (Å²) in [6.07, 6.45) is 0.103. The van der Waals surface area contributed by atoms with Crippen molar-refractivity contribution >= 4 is 33.3 Å². The largest absolute Gasteiger partial charge is 0.300 e. The van der Waals surface area contributed by atoms with Gasteiger partial charge in [0.1, 0.15) is 10.5 Å². The lowest BCUT2D eigenvalue weighted by molar-refractivity contribution is -0.116. The van der Waals surface area contributed by atoms with Crippen LogP contribution in [0.1, 0.15) is 11.4 Å². The summed E-state index contributed by atoms with van der Waals surface area (Å²) in [5.74, 6) is -0.252. The lowest BCUT2D eigenvalue weighted by Gasteiger charge is -2.04. The van der Waals surface area contributed by atoms with Crippen LogP contribution in [-0.4, -0.2) is 31.1 Å². The first kappa shape index (κ1) is 14.3. The molecule has 0 fully saturated rings. The third kappa shape index (κ3) is 2.98. The SMILES string of the molecule is Cc1nnc(NC(=O)CCn2nnc3ccccc3c2=O)s1. The van der Waals surface area contributed by atoms with Crippen LogP contribution >= 0.6 is 11.3 Å². The molecule has 2 heterocycles. The Hall–Kier alpha value is -2.68. The van der Waals surface area contributed by atoms with Crippen LogP contribution in [0.15, 0.2) is 29.1 Å². The van der Waals surface area contributed by atoms with E-state index in [2.05, 4.69) is 25.8 Å². The maximum absolute atomic E-state index is 12.2. The van der Waals surface area contributed by atoms with Crippen molar-refractivity contribution in [3.05, 3.63) is 39.6 Å². The molecule has 3 aromatic rings. The number of nitrogens with one attached hydrogen (secondary N) is 1. The van der Waals surface area contributed by atoms with Crippen molar-refractivity contribution in [2.45, 2.75) is 19.9 Å². The average Bonchev–Trinajstić information content (AvgIpc) is 2.92. The van der Waals surface area contributed by atoms with Crippen LogP contribution in [0.5, 0.6) is 0 Å². The van der Waals surface area contributed by atoms with Crippen molar-refractivity contribution in [2.24, 2.45) is 0 Å². The number of amides is 1. The molecule has 112 valence electrons. The molecule has 0 radical (unpaired) electrons. The Morgan fingerprint density at radius 1 is 1.27 bits per heavy atom. The molecule has 1 aromatic carbocycles. The summed E-state index contributed by atoms with van der Waals surface area (Å²) in [5, 5.41) is 19.8. The minimum absolute atomic E-state index is 0.103. The summed E-state index contributed by atoms with van der Waals surface area (Å²) < 4.78 is 1.19. The van der Waals surface area contributed by atoms with Crippen LogP contribution in [0.2, 0.25) is 0 Å². The number of aryl methyl sites for hydroxylation is 2. The van der Waals surface area contributed by atoms with Gasteiger partial charge in [0, 0.05) is 6.42 Å². The number of rotatable bonds is 4. The van der Waals surface area contributed by atoms with Gasteiger partial charge in [0.05, 0.1) is 11.9 Å². The Labute approximate surface area is 128 Å². The van der Waals surface area contributed by atoms with Gasteiger partial charge in [-0.15, -0.1) is 15.3 Å². The van der Waals surface area contributed by atoms with Crippen molar-refractivity contribution in [3.8, 4) is 0 Å². The Balaban J connectivity index is 1.70. The molecule has 8 nitrogen and oxygen atoms in total. The molecule has 0 saturated heterocycles. The van der Waals surface area contributed by atoms with E-state index in [1.807, 2.05) is 0 Å². The van der Waals surface area contributed by atoms with Crippen LogP contribution in [-0.2, 0) is 11.3 Å². The molecular formula is C13H12N6O2S. The lowest BCUT2D eigenvalue weighted by atomic mass is 10.2. The van der Waals surface area contributed by atoms with Crippen molar-refractivity contribution in [2.75, 3.05) is 5.32 Å². The van der Waals surface area contributed by atoms with Crippen LogP contribution in [0, 0.1) is 6.92 Å². The molecular weight excluding hydrogens is 304 g/mol. The molecule has 0 aliphatic heterocycles. The molecule has 2 aromatic heterocycles. The van der Waals surface area contributed by atoms with E-state index in [0.717, 1.165) is 5.01 Å². The van der Waals surface area contributed by atoms with Crippen LogP contribution < -0.4 is 10.9 Å². The van der Waals surface area contributed by atoms with Crippen LogP contribution in [0.25, 0.3) is 10.9 Å². The van der Waals surface area contributed by atoms with Gasteiger partial charge in [-0.2, -0.15) is 0 Å². The van der Waals surface area contributed by atoms with E-state index in [4.69, 9.17) is 0 Å². The van der Waals surface area contributed by atoms with Gasteiger partial charge >= 0.3 is 0 Å². The quantitative estimate of drug-likeness (QED) is 0.769. The fourth-order valence-corrected chi connectivity index (χ4v) is 2.51. The number of carbonyl (C=O) groups excluding carboxylic acids is 1. The van der Waals surface area contributed by atoms with E-state index < -0.39 is 0 Å². The molecule has 0 atom stereocenters. The molecule has 0 aliphatic carbocycles. The second-order valence-corrected chi connectivity index (χ2v) is 5.74. The summed E-state index contributed by atoms with van der Waals surface area (Å²) in [7, 11) is 0. The first-order valence-corrected chi connectivity index (χ1v) is 7.37. The Bertz CT molecular complexity index is 887. The lowest BCUT2D eigenvalue weighted by Crippen LogP contribution is -2.26. The zero-order valence-electron chi connectivity index (χ0n) is 11.7. The molecule has 0 saturated carbocycles. The van der Waals surface area contributed by atoms with Gasteiger partial charge in [-0.25, -0.2) is 4.68 Å². The van der Waals surface area contributed by atoms with Gasteiger partial charge in [0.15, 0.2) is 0 Å². The molecule has 0 spiro atoms. The summed E-state index contributed by atoms with van der Waals surface area (Å²) in [4.78, 5) is 24.0. The standard InChI is InChI=1S/C13H12N6O2S/c1-8-15-17-13(22-8)14-11(20)6-7-19-12(21)9-4-2-3-5-10(9)16-18-19/h2-5H,6-7H2,1H3,(H,14,17,20). The fraction of sp³-hybridized carbons (Fsp3) is 0.231. The topological polar surface area (TPSA) is 103 Å². The van der Waals surface area contributed by atoms with Crippen molar-refractivity contribution in [3.63, 3.8) is 0 Å². The Morgan fingerprint density at radius 3 is 2.86 bits per heavy atom. The minimum atomic E-state index is -0.259. The van der Waals surface area contributed by atoms with Gasteiger partial charge < -0.3 is 5.32 Å². The molecule has 1 amide bonds. The highest BCUT2D eigenvalue weighted by Gasteiger charge is 2.09. The summed E-state index contributed by atoms with van der Waals surface area (Å²) in [6.45, 7) is 1.96. The maximum Gasteiger partial charge on any atom is 0.277 e.